The first-order chi connectivity index (χ1) is 15.4. The topological polar surface area (TPSA) is 91.6 Å². The number of carbonyl (C=O) groups excluding carboxylic acids is 1. The molecule has 32 heavy (non-hydrogen) atoms. The highest BCUT2D eigenvalue weighted by Gasteiger charge is 2.29. The normalized spacial score (nSPS) is 13.3. The van der Waals surface area contributed by atoms with Crippen LogP contribution >= 0.6 is 0 Å². The number of aromatic amines is 1. The van der Waals surface area contributed by atoms with Crippen LogP contribution in [-0.2, 0) is 4.79 Å². The van der Waals surface area contributed by atoms with E-state index in [0.29, 0.717) is 29.3 Å². The number of halogens is 2. The summed E-state index contributed by atoms with van der Waals surface area (Å²) in [4.78, 5) is 30.6. The standard InChI is InChI=1S/C24H28F2N4O2/c1-4-7-8-14(5-2)23(31)16(6-3)21-17(12-27)22-18(13-28-21)24(32)30(29-22)20-10-9-15(25)11-19(20)26/h9-14,16,27,29H,4-8H2,1-3H3. The molecule has 6 nitrogen and oxygen atoms in total. The molecule has 0 saturated heterocycles. The Morgan fingerprint density at radius 3 is 2.59 bits per heavy atom. The largest absolute Gasteiger partial charge is 0.308 e. The van der Waals surface area contributed by atoms with E-state index in [0.717, 1.165) is 48.7 Å². The number of pyridine rings is 1. The molecule has 3 aromatic rings. The Morgan fingerprint density at radius 2 is 2.00 bits per heavy atom. The molecule has 0 aliphatic heterocycles. The van der Waals surface area contributed by atoms with Crippen molar-refractivity contribution in [3.63, 3.8) is 0 Å². The van der Waals surface area contributed by atoms with Crippen molar-refractivity contribution in [1.82, 2.24) is 14.8 Å². The molecule has 0 bridgehead atoms. The molecular weight excluding hydrogens is 414 g/mol. The van der Waals surface area contributed by atoms with E-state index in [9.17, 15) is 18.4 Å². The Bertz CT molecular complexity index is 1200. The fourth-order valence-electron chi connectivity index (χ4n) is 4.17. The quantitative estimate of drug-likeness (QED) is 0.419. The Hall–Kier alpha value is -3.16. The van der Waals surface area contributed by atoms with Gasteiger partial charge >= 0.3 is 0 Å². The minimum atomic E-state index is -0.897. The highest BCUT2D eigenvalue weighted by Crippen LogP contribution is 2.30. The predicted molar refractivity (Wildman–Crippen MR) is 121 cm³/mol. The first kappa shape index (κ1) is 23.5. The number of unbranched alkanes of at least 4 members (excludes halogenated alkanes) is 1. The lowest BCUT2D eigenvalue weighted by molar-refractivity contribution is -0.124. The molecule has 2 unspecified atom stereocenters. The van der Waals surface area contributed by atoms with E-state index in [1.54, 1.807) is 0 Å². The highest BCUT2D eigenvalue weighted by molar-refractivity contribution is 5.99. The molecule has 0 aliphatic carbocycles. The summed E-state index contributed by atoms with van der Waals surface area (Å²) in [5, 5.41) is 11.0. The maximum Gasteiger partial charge on any atom is 0.280 e. The number of hydrogen-bond donors (Lipinski definition) is 2. The van der Waals surface area contributed by atoms with Gasteiger partial charge in [-0.25, -0.2) is 13.5 Å². The van der Waals surface area contributed by atoms with Gasteiger partial charge in [-0.1, -0.05) is 33.6 Å². The lowest BCUT2D eigenvalue weighted by atomic mass is 9.83. The fraction of sp³-hybridized carbons (Fsp3) is 0.417. The second kappa shape index (κ2) is 9.97. The minimum Gasteiger partial charge on any atom is -0.308 e. The summed E-state index contributed by atoms with van der Waals surface area (Å²) in [6, 6.07) is 2.92. The molecule has 0 fully saturated rings. The van der Waals surface area contributed by atoms with Gasteiger partial charge in [0, 0.05) is 30.0 Å². The number of aromatic nitrogens is 3. The number of fused-ring (bicyclic) bond motifs is 1. The molecule has 2 N–H and O–H groups in total. The van der Waals surface area contributed by atoms with Gasteiger partial charge in [-0.15, -0.1) is 0 Å². The van der Waals surface area contributed by atoms with E-state index < -0.39 is 23.1 Å². The summed E-state index contributed by atoms with van der Waals surface area (Å²) in [5.74, 6) is -2.16. The van der Waals surface area contributed by atoms with Crippen molar-refractivity contribution in [2.75, 3.05) is 0 Å². The Kier molecular flexibility index (Phi) is 7.33. The molecule has 2 aromatic heterocycles. The first-order valence-corrected chi connectivity index (χ1v) is 11.0. The fourth-order valence-corrected chi connectivity index (χ4v) is 4.17. The number of carbonyl (C=O) groups is 1. The zero-order valence-corrected chi connectivity index (χ0v) is 18.5. The lowest BCUT2D eigenvalue weighted by Crippen LogP contribution is -2.23. The molecule has 170 valence electrons. The molecule has 0 aliphatic rings. The molecule has 0 spiro atoms. The number of H-pyrrole nitrogens is 1. The van der Waals surface area contributed by atoms with Crippen LogP contribution in [0, 0.1) is 23.0 Å². The number of hydrogen-bond acceptors (Lipinski definition) is 4. The number of ketones is 1. The summed E-state index contributed by atoms with van der Waals surface area (Å²) in [7, 11) is 0. The number of nitrogens with zero attached hydrogens (tertiary/aromatic N) is 2. The van der Waals surface area contributed by atoms with Gasteiger partial charge < -0.3 is 5.41 Å². The van der Waals surface area contributed by atoms with Gasteiger partial charge in [-0.3, -0.25) is 19.7 Å². The molecule has 2 heterocycles. The van der Waals surface area contributed by atoms with Crippen LogP contribution in [0.25, 0.3) is 16.6 Å². The molecule has 1 aromatic carbocycles. The van der Waals surface area contributed by atoms with E-state index in [1.807, 2.05) is 13.8 Å². The van der Waals surface area contributed by atoms with E-state index >= 15 is 0 Å². The van der Waals surface area contributed by atoms with E-state index in [2.05, 4.69) is 17.0 Å². The number of Topliss-reactive ketones (excluding diaryl/α,β-unsaturated/α-hetero) is 1. The molecule has 0 saturated carbocycles. The van der Waals surface area contributed by atoms with Crippen molar-refractivity contribution in [2.45, 2.75) is 58.8 Å². The number of rotatable bonds is 10. The van der Waals surface area contributed by atoms with Gasteiger partial charge in [0.05, 0.1) is 22.5 Å². The first-order valence-electron chi connectivity index (χ1n) is 11.0. The van der Waals surface area contributed by atoms with Gasteiger partial charge in [-0.05, 0) is 31.4 Å². The number of benzene rings is 1. The Morgan fingerprint density at radius 1 is 1.25 bits per heavy atom. The van der Waals surface area contributed by atoms with Crippen molar-refractivity contribution in [2.24, 2.45) is 5.92 Å². The molecule has 2 atom stereocenters. The van der Waals surface area contributed by atoms with Gasteiger partial charge in [0.15, 0.2) is 5.82 Å². The van der Waals surface area contributed by atoms with Gasteiger partial charge in [0.1, 0.15) is 17.3 Å². The van der Waals surface area contributed by atoms with Gasteiger partial charge in [0.2, 0.25) is 0 Å². The third-order valence-corrected chi connectivity index (χ3v) is 5.98. The van der Waals surface area contributed by atoms with Crippen molar-refractivity contribution in [1.29, 1.82) is 5.41 Å². The Balaban J connectivity index is 2.14. The van der Waals surface area contributed by atoms with Crippen LogP contribution in [0.1, 0.15) is 70.1 Å². The van der Waals surface area contributed by atoms with E-state index in [4.69, 9.17) is 5.41 Å². The van der Waals surface area contributed by atoms with Crippen molar-refractivity contribution < 1.29 is 13.6 Å². The zero-order chi connectivity index (χ0) is 23.4. The summed E-state index contributed by atoms with van der Waals surface area (Å²) in [6.07, 6.45) is 6.44. The van der Waals surface area contributed by atoms with Crippen LogP contribution in [0.2, 0.25) is 0 Å². The molecule has 8 heteroatoms. The SMILES string of the molecule is CCCCC(CC)C(=O)C(CC)c1ncc2c(=O)n(-c3ccc(F)cc3F)[nH]c2c1C=N. The van der Waals surface area contributed by atoms with Gasteiger partial charge in [-0.2, -0.15) is 0 Å². The van der Waals surface area contributed by atoms with Crippen LogP contribution in [0.15, 0.2) is 29.2 Å². The third-order valence-electron chi connectivity index (χ3n) is 5.98. The summed E-state index contributed by atoms with van der Waals surface area (Å²) >= 11 is 0. The lowest BCUT2D eigenvalue weighted by Gasteiger charge is -2.21. The number of nitrogens with one attached hydrogen (secondary N) is 2. The van der Waals surface area contributed by atoms with Crippen molar-refractivity contribution in [3.8, 4) is 5.69 Å². The second-order valence-electron chi connectivity index (χ2n) is 7.95. The zero-order valence-electron chi connectivity index (χ0n) is 18.5. The van der Waals surface area contributed by atoms with Crippen LogP contribution in [-0.4, -0.2) is 26.8 Å². The summed E-state index contributed by atoms with van der Waals surface area (Å²) in [6.45, 7) is 5.98. The van der Waals surface area contributed by atoms with E-state index in [-0.39, 0.29) is 22.8 Å². The average Bonchev–Trinajstić information content (AvgIpc) is 3.11. The highest BCUT2D eigenvalue weighted by atomic mass is 19.1. The van der Waals surface area contributed by atoms with E-state index in [1.165, 1.54) is 6.20 Å². The second-order valence-corrected chi connectivity index (χ2v) is 7.95. The smallest absolute Gasteiger partial charge is 0.280 e. The third kappa shape index (κ3) is 4.26. The molecule has 0 radical (unpaired) electrons. The van der Waals surface area contributed by atoms with Crippen molar-refractivity contribution >= 4 is 22.9 Å². The summed E-state index contributed by atoms with van der Waals surface area (Å²) < 4.78 is 28.6. The van der Waals surface area contributed by atoms with Crippen LogP contribution in [0.3, 0.4) is 0 Å². The van der Waals surface area contributed by atoms with Crippen LogP contribution in [0.4, 0.5) is 8.78 Å². The monoisotopic (exact) mass is 442 g/mol. The molecule has 0 amide bonds. The maximum absolute atomic E-state index is 14.3. The molecule has 3 rings (SSSR count). The molecular formula is C24H28F2N4O2. The Labute approximate surface area is 185 Å². The predicted octanol–water partition coefficient (Wildman–Crippen LogP) is 5.27. The van der Waals surface area contributed by atoms with Crippen molar-refractivity contribution in [3.05, 3.63) is 57.6 Å². The average molecular weight is 443 g/mol. The minimum absolute atomic E-state index is 0.0877. The summed E-state index contributed by atoms with van der Waals surface area (Å²) in [5.41, 5.74) is 0.348. The van der Waals surface area contributed by atoms with Gasteiger partial charge in [0.25, 0.3) is 5.56 Å². The maximum atomic E-state index is 14.3. The van der Waals surface area contributed by atoms with Crippen LogP contribution < -0.4 is 5.56 Å². The van der Waals surface area contributed by atoms with Crippen LogP contribution in [0.5, 0.6) is 0 Å².